The number of nitrogens with zero attached hydrogens (tertiary/aromatic N) is 4. The summed E-state index contributed by atoms with van der Waals surface area (Å²) in [5.74, 6) is 1.49. The first-order valence-electron chi connectivity index (χ1n) is 11.9. The molecule has 1 aliphatic carbocycles. The Morgan fingerprint density at radius 1 is 1.09 bits per heavy atom. The first kappa shape index (κ1) is 23.1. The highest BCUT2D eigenvalue weighted by molar-refractivity contribution is 5.93. The second-order valence-corrected chi connectivity index (χ2v) is 9.23. The highest BCUT2D eigenvalue weighted by atomic mass is 16.3. The summed E-state index contributed by atoms with van der Waals surface area (Å²) in [5, 5.41) is 12.8. The molecule has 1 N–H and O–H groups in total. The normalized spacial score (nSPS) is 17.7. The minimum atomic E-state index is -0.123. The lowest BCUT2D eigenvalue weighted by atomic mass is 9.95. The van der Waals surface area contributed by atoms with E-state index < -0.39 is 0 Å². The molecule has 1 aliphatic heterocycles. The van der Waals surface area contributed by atoms with Crippen LogP contribution in [0.15, 0.2) is 16.5 Å². The zero-order chi connectivity index (χ0) is 23.5. The van der Waals surface area contributed by atoms with E-state index in [0.717, 1.165) is 24.1 Å². The molecule has 2 aromatic heterocycles. The number of anilines is 1. The van der Waals surface area contributed by atoms with Gasteiger partial charge in [0.15, 0.2) is 5.76 Å². The highest BCUT2D eigenvalue weighted by Gasteiger charge is 2.28. The number of aryl methyl sites for hydroxylation is 1. The zero-order valence-electron chi connectivity index (χ0n) is 19.8. The fraction of sp³-hybridized carbons (Fsp3) is 0.560. The quantitative estimate of drug-likeness (QED) is 0.747. The molecule has 33 heavy (non-hydrogen) atoms. The van der Waals surface area contributed by atoms with Crippen molar-refractivity contribution < 1.29 is 14.0 Å². The van der Waals surface area contributed by atoms with Crippen LogP contribution in [0.4, 0.5) is 5.82 Å². The van der Waals surface area contributed by atoms with Crippen molar-refractivity contribution in [1.29, 1.82) is 5.26 Å². The number of aromatic nitrogens is 1. The van der Waals surface area contributed by atoms with Crippen LogP contribution >= 0.6 is 0 Å². The molecule has 4 rings (SSSR count). The fourth-order valence-corrected chi connectivity index (χ4v) is 5.07. The van der Waals surface area contributed by atoms with Crippen molar-refractivity contribution in [2.24, 2.45) is 0 Å². The Bertz CT molecular complexity index is 1060. The minimum absolute atomic E-state index is 0.109. The van der Waals surface area contributed by atoms with Crippen LogP contribution in [0.2, 0.25) is 0 Å². The molecule has 0 atom stereocenters. The molecule has 176 valence electrons. The van der Waals surface area contributed by atoms with Crippen molar-refractivity contribution in [2.45, 2.75) is 58.9 Å². The standard InChI is InChI=1S/C25H33N5O3/c1-17-9-10-22(33-17)25(32)29-13-11-28(12-14-29)16-23(31)27-24-21(15-26)18(2)19(3)30(24)20-7-5-4-6-8-20/h9-10,20H,4-8,11-14,16H2,1-3H3,(H,27,31). The lowest BCUT2D eigenvalue weighted by Crippen LogP contribution is -2.50. The molecule has 0 bridgehead atoms. The largest absolute Gasteiger partial charge is 0.456 e. The van der Waals surface area contributed by atoms with E-state index in [9.17, 15) is 14.9 Å². The van der Waals surface area contributed by atoms with Gasteiger partial charge in [-0.1, -0.05) is 19.3 Å². The van der Waals surface area contributed by atoms with Gasteiger partial charge in [-0.15, -0.1) is 0 Å². The van der Waals surface area contributed by atoms with Crippen LogP contribution in [0.25, 0.3) is 0 Å². The summed E-state index contributed by atoms with van der Waals surface area (Å²) in [6.45, 7) is 8.38. The number of piperazine rings is 1. The van der Waals surface area contributed by atoms with Crippen LogP contribution in [0, 0.1) is 32.1 Å². The third kappa shape index (κ3) is 4.83. The molecule has 0 spiro atoms. The van der Waals surface area contributed by atoms with Crippen molar-refractivity contribution in [3.63, 3.8) is 0 Å². The Morgan fingerprint density at radius 2 is 1.79 bits per heavy atom. The molecular weight excluding hydrogens is 418 g/mol. The monoisotopic (exact) mass is 451 g/mol. The molecular formula is C25H33N5O3. The van der Waals surface area contributed by atoms with Gasteiger partial charge in [0.05, 0.1) is 12.1 Å². The lowest BCUT2D eigenvalue weighted by molar-refractivity contribution is -0.117. The highest BCUT2D eigenvalue weighted by Crippen LogP contribution is 2.36. The molecule has 1 saturated carbocycles. The number of hydrogen-bond donors (Lipinski definition) is 1. The van der Waals surface area contributed by atoms with E-state index in [1.54, 1.807) is 17.0 Å². The van der Waals surface area contributed by atoms with E-state index in [4.69, 9.17) is 4.42 Å². The summed E-state index contributed by atoms with van der Waals surface area (Å²) in [6, 6.07) is 6.13. The van der Waals surface area contributed by atoms with Gasteiger partial charge in [-0.25, -0.2) is 0 Å². The molecule has 8 nitrogen and oxygen atoms in total. The van der Waals surface area contributed by atoms with Crippen LogP contribution in [0.3, 0.4) is 0 Å². The molecule has 2 amide bonds. The van der Waals surface area contributed by atoms with Crippen LogP contribution in [0.5, 0.6) is 0 Å². The van der Waals surface area contributed by atoms with Gasteiger partial charge in [0.2, 0.25) is 5.91 Å². The summed E-state index contributed by atoms with van der Waals surface area (Å²) >= 11 is 0. The van der Waals surface area contributed by atoms with Crippen LogP contribution in [-0.2, 0) is 4.79 Å². The summed E-state index contributed by atoms with van der Waals surface area (Å²) in [7, 11) is 0. The second-order valence-electron chi connectivity index (χ2n) is 9.23. The Kier molecular flexibility index (Phi) is 6.89. The third-order valence-corrected chi connectivity index (χ3v) is 7.04. The van der Waals surface area contributed by atoms with Gasteiger partial charge in [0.25, 0.3) is 5.91 Å². The van der Waals surface area contributed by atoms with Crippen molar-refractivity contribution in [1.82, 2.24) is 14.4 Å². The second kappa shape index (κ2) is 9.84. The van der Waals surface area contributed by atoms with Crippen molar-refractivity contribution >= 4 is 17.6 Å². The van der Waals surface area contributed by atoms with Gasteiger partial charge in [-0.3, -0.25) is 14.5 Å². The van der Waals surface area contributed by atoms with Gasteiger partial charge in [0.1, 0.15) is 17.6 Å². The number of carbonyl (C=O) groups is 2. The number of hydrogen-bond acceptors (Lipinski definition) is 5. The van der Waals surface area contributed by atoms with E-state index in [0.29, 0.717) is 55.1 Å². The maximum atomic E-state index is 13.0. The molecule has 1 saturated heterocycles. The Balaban J connectivity index is 1.39. The number of rotatable bonds is 5. The van der Waals surface area contributed by atoms with E-state index in [1.807, 2.05) is 25.7 Å². The molecule has 8 heteroatoms. The maximum Gasteiger partial charge on any atom is 0.289 e. The Hall–Kier alpha value is -3.05. The number of carbonyl (C=O) groups excluding carboxylic acids is 2. The van der Waals surface area contributed by atoms with E-state index >= 15 is 0 Å². The van der Waals surface area contributed by atoms with Crippen molar-refractivity contribution in [3.8, 4) is 6.07 Å². The topological polar surface area (TPSA) is 94.5 Å². The number of amides is 2. The average Bonchev–Trinajstić information content (AvgIpc) is 3.35. The molecule has 0 aromatic carbocycles. The number of nitriles is 1. The smallest absolute Gasteiger partial charge is 0.289 e. The van der Waals surface area contributed by atoms with Crippen LogP contribution in [-0.4, -0.2) is 58.9 Å². The fourth-order valence-electron chi connectivity index (χ4n) is 5.07. The van der Waals surface area contributed by atoms with Gasteiger partial charge in [-0.05, 0) is 51.3 Å². The van der Waals surface area contributed by atoms with Gasteiger partial charge < -0.3 is 19.2 Å². The predicted octanol–water partition coefficient (Wildman–Crippen LogP) is 3.78. The molecule has 2 fully saturated rings. The SMILES string of the molecule is Cc1ccc(C(=O)N2CCN(CC(=O)Nc3c(C#N)c(C)c(C)n3C3CCCCC3)CC2)o1. The first-order chi connectivity index (χ1) is 15.9. The van der Waals surface area contributed by atoms with E-state index in [2.05, 4.69) is 16.0 Å². The van der Waals surface area contributed by atoms with Crippen molar-refractivity contribution in [2.75, 3.05) is 38.0 Å². The maximum absolute atomic E-state index is 13.0. The lowest BCUT2D eigenvalue weighted by Gasteiger charge is -2.34. The van der Waals surface area contributed by atoms with Crippen LogP contribution in [0.1, 0.15) is 71.3 Å². The number of furan rings is 1. The van der Waals surface area contributed by atoms with E-state index in [-0.39, 0.29) is 18.4 Å². The molecule has 0 radical (unpaired) electrons. The van der Waals surface area contributed by atoms with Gasteiger partial charge >= 0.3 is 0 Å². The molecule has 2 aromatic rings. The predicted molar refractivity (Wildman–Crippen MR) is 125 cm³/mol. The van der Waals surface area contributed by atoms with E-state index in [1.165, 1.54) is 19.3 Å². The third-order valence-electron chi connectivity index (χ3n) is 7.04. The van der Waals surface area contributed by atoms with Crippen molar-refractivity contribution in [3.05, 3.63) is 40.5 Å². The summed E-state index contributed by atoms with van der Waals surface area (Å²) < 4.78 is 7.64. The molecule has 3 heterocycles. The summed E-state index contributed by atoms with van der Waals surface area (Å²) in [4.78, 5) is 29.4. The Labute approximate surface area is 195 Å². The molecule has 0 unspecified atom stereocenters. The minimum Gasteiger partial charge on any atom is -0.456 e. The van der Waals surface area contributed by atoms with Gasteiger partial charge in [0, 0.05) is 37.9 Å². The van der Waals surface area contributed by atoms with Gasteiger partial charge in [-0.2, -0.15) is 5.26 Å². The zero-order valence-corrected chi connectivity index (χ0v) is 19.8. The van der Waals surface area contributed by atoms with Crippen LogP contribution < -0.4 is 5.32 Å². The molecule has 2 aliphatic rings. The number of nitrogens with one attached hydrogen (secondary N) is 1. The summed E-state index contributed by atoms with van der Waals surface area (Å²) in [5.41, 5.74) is 2.57. The average molecular weight is 452 g/mol. The first-order valence-corrected chi connectivity index (χ1v) is 11.9. The summed E-state index contributed by atoms with van der Waals surface area (Å²) in [6.07, 6.45) is 5.76. The Morgan fingerprint density at radius 3 is 2.39 bits per heavy atom.